The van der Waals surface area contributed by atoms with E-state index in [0.29, 0.717) is 18.5 Å². The Morgan fingerprint density at radius 1 is 1.09 bits per heavy atom. The summed E-state index contributed by atoms with van der Waals surface area (Å²) in [5.41, 5.74) is 4.84. The molecule has 0 atom stereocenters. The Bertz CT molecular complexity index is 1080. The number of ether oxygens (including phenoxy) is 2. The molecule has 2 aromatic heterocycles. The van der Waals surface area contributed by atoms with E-state index in [1.165, 1.54) is 19.3 Å². The lowest BCUT2D eigenvalue weighted by atomic mass is 9.84. The number of aryl methyl sites for hydroxylation is 2. The molecular formula is C27H37N5O3. The van der Waals surface area contributed by atoms with Crippen LogP contribution in [0.3, 0.4) is 0 Å². The van der Waals surface area contributed by atoms with Gasteiger partial charge in [-0.25, -0.2) is 9.97 Å². The quantitative estimate of drug-likeness (QED) is 0.327. The zero-order valence-electron chi connectivity index (χ0n) is 21.1. The highest BCUT2D eigenvalue weighted by Gasteiger charge is 2.26. The Balaban J connectivity index is 1.43. The third-order valence-corrected chi connectivity index (χ3v) is 6.43. The molecule has 0 radical (unpaired) electrons. The maximum Gasteiger partial charge on any atom is 0.227 e. The zero-order chi connectivity index (χ0) is 24.5. The van der Waals surface area contributed by atoms with Crippen LogP contribution < -0.4 is 15.4 Å². The monoisotopic (exact) mass is 479 g/mol. The van der Waals surface area contributed by atoms with E-state index in [1.807, 2.05) is 44.3 Å². The molecule has 8 heteroatoms. The highest BCUT2D eigenvalue weighted by atomic mass is 16.5. The molecule has 2 N–H and O–H groups in total. The molecule has 0 bridgehead atoms. The van der Waals surface area contributed by atoms with Crippen LogP contribution in [0.4, 0.5) is 11.6 Å². The lowest BCUT2D eigenvalue weighted by Gasteiger charge is -2.20. The molecule has 1 aromatic carbocycles. The average Bonchev–Trinajstić information content (AvgIpc) is 3.26. The maximum absolute atomic E-state index is 5.92. The molecule has 0 spiro atoms. The Hall–Kier alpha value is -2.97. The third-order valence-electron chi connectivity index (χ3n) is 6.43. The van der Waals surface area contributed by atoms with Gasteiger partial charge in [-0.2, -0.15) is 0 Å². The van der Waals surface area contributed by atoms with Gasteiger partial charge in [-0.3, -0.25) is 0 Å². The van der Waals surface area contributed by atoms with Crippen molar-refractivity contribution in [1.29, 1.82) is 0 Å². The topological polar surface area (TPSA) is 94.3 Å². The van der Waals surface area contributed by atoms with Gasteiger partial charge in [0.25, 0.3) is 0 Å². The fraction of sp³-hybridized carbons (Fsp3) is 0.519. The summed E-state index contributed by atoms with van der Waals surface area (Å²) in [5, 5.41) is 11.1. The predicted molar refractivity (Wildman–Crippen MR) is 137 cm³/mol. The van der Waals surface area contributed by atoms with Gasteiger partial charge < -0.3 is 24.6 Å². The van der Waals surface area contributed by atoms with Gasteiger partial charge in [-0.05, 0) is 57.4 Å². The summed E-state index contributed by atoms with van der Waals surface area (Å²) >= 11 is 0. The molecule has 35 heavy (non-hydrogen) atoms. The van der Waals surface area contributed by atoms with Crippen LogP contribution in [0.15, 0.2) is 35.0 Å². The van der Waals surface area contributed by atoms with E-state index >= 15 is 0 Å². The molecular weight excluding hydrogens is 442 g/mol. The molecule has 8 nitrogen and oxygen atoms in total. The number of rotatable bonds is 12. The lowest BCUT2D eigenvalue weighted by Crippen LogP contribution is -2.21. The fourth-order valence-electron chi connectivity index (χ4n) is 4.57. The predicted octanol–water partition coefficient (Wildman–Crippen LogP) is 5.54. The Morgan fingerprint density at radius 2 is 1.94 bits per heavy atom. The second kappa shape index (κ2) is 12.7. The average molecular weight is 480 g/mol. The van der Waals surface area contributed by atoms with Gasteiger partial charge in [0.05, 0.1) is 30.2 Å². The third kappa shape index (κ3) is 6.80. The maximum atomic E-state index is 5.92. The van der Waals surface area contributed by atoms with E-state index in [2.05, 4.69) is 20.8 Å². The van der Waals surface area contributed by atoms with Crippen LogP contribution in [0.2, 0.25) is 0 Å². The summed E-state index contributed by atoms with van der Waals surface area (Å²) in [7, 11) is 1.71. The second-order valence-electron chi connectivity index (χ2n) is 9.16. The first-order valence-electron chi connectivity index (χ1n) is 12.7. The summed E-state index contributed by atoms with van der Waals surface area (Å²) in [5.74, 6) is 2.60. The van der Waals surface area contributed by atoms with Crippen LogP contribution in [0, 0.1) is 13.8 Å². The highest BCUT2D eigenvalue weighted by Crippen LogP contribution is 2.39. The van der Waals surface area contributed by atoms with Gasteiger partial charge in [0.2, 0.25) is 5.95 Å². The largest absolute Gasteiger partial charge is 0.493 e. The van der Waals surface area contributed by atoms with E-state index in [0.717, 1.165) is 78.7 Å². The summed E-state index contributed by atoms with van der Waals surface area (Å²) in [4.78, 5) is 9.41. The number of aromatic nitrogens is 3. The first kappa shape index (κ1) is 25.1. The Morgan fingerprint density at radius 3 is 2.77 bits per heavy atom. The zero-order valence-corrected chi connectivity index (χ0v) is 21.1. The molecule has 1 saturated carbocycles. The molecule has 0 saturated heterocycles. The number of nitrogens with zero attached hydrogens (tertiary/aromatic N) is 3. The highest BCUT2D eigenvalue weighted by molar-refractivity contribution is 5.69. The number of hydrogen-bond acceptors (Lipinski definition) is 8. The van der Waals surface area contributed by atoms with E-state index in [9.17, 15) is 0 Å². The van der Waals surface area contributed by atoms with E-state index in [-0.39, 0.29) is 0 Å². The molecule has 0 aliphatic heterocycles. The standard InChI is InChI=1S/C27H37N5O3/c1-19-18-29-27(30-22-11-7-12-23(17-22)34-15-8-13-28-14-16-33-3)31-25(19)24-20(2)35-32-26(24)21-9-5-4-6-10-21/h7,11-12,17-18,21,28H,4-6,8-10,13-16H2,1-3H3,(H,29,30,31). The van der Waals surface area contributed by atoms with Gasteiger partial charge in [0, 0.05) is 37.5 Å². The van der Waals surface area contributed by atoms with Gasteiger partial charge >= 0.3 is 0 Å². The molecule has 188 valence electrons. The molecule has 0 amide bonds. The number of nitrogens with one attached hydrogen (secondary N) is 2. The number of hydrogen-bond donors (Lipinski definition) is 2. The van der Waals surface area contributed by atoms with Crippen LogP contribution in [-0.4, -0.2) is 48.5 Å². The minimum absolute atomic E-state index is 0.436. The minimum Gasteiger partial charge on any atom is -0.493 e. The van der Waals surface area contributed by atoms with Gasteiger partial charge in [-0.15, -0.1) is 0 Å². The number of methoxy groups -OCH3 is 1. The van der Waals surface area contributed by atoms with Gasteiger partial charge in [0.15, 0.2) is 0 Å². The molecule has 3 aromatic rings. The summed E-state index contributed by atoms with van der Waals surface area (Å²) in [6.45, 7) is 7.12. The summed E-state index contributed by atoms with van der Waals surface area (Å²) in [6, 6.07) is 7.89. The molecule has 1 aliphatic carbocycles. The van der Waals surface area contributed by atoms with Crippen molar-refractivity contribution in [2.24, 2.45) is 0 Å². The van der Waals surface area contributed by atoms with Crippen molar-refractivity contribution >= 4 is 11.6 Å². The lowest BCUT2D eigenvalue weighted by molar-refractivity contribution is 0.198. The number of anilines is 2. The SMILES string of the molecule is COCCNCCCOc1cccc(Nc2ncc(C)c(-c3c(C4CCCCC4)noc3C)n2)c1. The number of benzene rings is 1. The van der Waals surface area contributed by atoms with Gasteiger partial charge in [0.1, 0.15) is 11.5 Å². The minimum atomic E-state index is 0.436. The fourth-order valence-corrected chi connectivity index (χ4v) is 4.57. The Labute approximate surface area is 207 Å². The van der Waals surface area contributed by atoms with E-state index in [4.69, 9.17) is 19.0 Å². The Kier molecular flexibility index (Phi) is 9.08. The first-order valence-corrected chi connectivity index (χ1v) is 12.7. The van der Waals surface area contributed by atoms with Crippen molar-refractivity contribution in [3.63, 3.8) is 0 Å². The van der Waals surface area contributed by atoms with Crippen molar-refractivity contribution in [2.75, 3.05) is 38.7 Å². The molecule has 4 rings (SSSR count). The molecule has 2 heterocycles. The normalized spacial score (nSPS) is 14.3. The summed E-state index contributed by atoms with van der Waals surface area (Å²) in [6.07, 6.45) is 8.89. The summed E-state index contributed by atoms with van der Waals surface area (Å²) < 4.78 is 16.6. The van der Waals surface area contributed by atoms with Crippen LogP contribution in [-0.2, 0) is 4.74 Å². The molecule has 1 fully saturated rings. The molecule has 1 aliphatic rings. The van der Waals surface area contributed by atoms with Crippen LogP contribution in [0.25, 0.3) is 11.3 Å². The molecule has 0 unspecified atom stereocenters. The van der Waals surface area contributed by atoms with Gasteiger partial charge in [-0.1, -0.05) is 30.5 Å². The van der Waals surface area contributed by atoms with Crippen LogP contribution in [0.1, 0.15) is 61.5 Å². The van der Waals surface area contributed by atoms with Crippen LogP contribution in [0.5, 0.6) is 5.75 Å². The van der Waals surface area contributed by atoms with Crippen molar-refractivity contribution in [1.82, 2.24) is 20.4 Å². The van der Waals surface area contributed by atoms with Crippen molar-refractivity contribution in [3.05, 3.63) is 47.5 Å². The van der Waals surface area contributed by atoms with Crippen molar-refractivity contribution < 1.29 is 14.0 Å². The van der Waals surface area contributed by atoms with Crippen LogP contribution >= 0.6 is 0 Å². The smallest absolute Gasteiger partial charge is 0.227 e. The first-order chi connectivity index (χ1) is 17.2. The van der Waals surface area contributed by atoms with E-state index < -0.39 is 0 Å². The second-order valence-corrected chi connectivity index (χ2v) is 9.16. The van der Waals surface area contributed by atoms with E-state index in [1.54, 1.807) is 7.11 Å². The van der Waals surface area contributed by atoms with Crippen molar-refractivity contribution in [2.45, 2.75) is 58.3 Å². The van der Waals surface area contributed by atoms with Crippen molar-refractivity contribution in [3.8, 4) is 17.0 Å².